The minimum absolute atomic E-state index is 0.0900. The van der Waals surface area contributed by atoms with Crippen LogP contribution < -0.4 is 14.4 Å². The molecule has 0 radical (unpaired) electrons. The molecule has 0 atom stereocenters. The van der Waals surface area contributed by atoms with Gasteiger partial charge in [0.05, 0.1) is 12.9 Å². The average Bonchev–Trinajstić information content (AvgIpc) is 2.85. The Labute approximate surface area is 192 Å². The molecule has 0 spiro atoms. The Hall–Kier alpha value is -3.26. The molecule has 7 nitrogen and oxygen atoms in total. The van der Waals surface area contributed by atoms with E-state index in [2.05, 4.69) is 20.9 Å². The Morgan fingerprint density at radius 3 is 2.50 bits per heavy atom. The van der Waals surface area contributed by atoms with Crippen molar-refractivity contribution < 1.29 is 14.3 Å². The Morgan fingerprint density at radius 2 is 1.75 bits per heavy atom. The molecule has 0 N–H and O–H groups in total. The summed E-state index contributed by atoms with van der Waals surface area (Å²) < 4.78 is 11.2. The zero-order chi connectivity index (χ0) is 22.3. The normalized spacial score (nSPS) is 13.7. The van der Waals surface area contributed by atoms with Crippen LogP contribution in [-0.2, 0) is 4.79 Å². The highest BCUT2D eigenvalue weighted by Gasteiger charge is 2.22. The van der Waals surface area contributed by atoms with E-state index in [0.717, 1.165) is 30.1 Å². The van der Waals surface area contributed by atoms with E-state index in [1.54, 1.807) is 19.5 Å². The van der Waals surface area contributed by atoms with Crippen LogP contribution in [0.3, 0.4) is 0 Å². The fourth-order valence-corrected chi connectivity index (χ4v) is 4.24. The fourth-order valence-electron chi connectivity index (χ4n) is 3.44. The van der Waals surface area contributed by atoms with Crippen molar-refractivity contribution in [2.24, 2.45) is 0 Å². The zero-order valence-electron chi connectivity index (χ0n) is 18.2. The van der Waals surface area contributed by atoms with Crippen molar-refractivity contribution in [1.29, 1.82) is 0 Å². The molecule has 0 saturated carbocycles. The summed E-state index contributed by atoms with van der Waals surface area (Å²) in [5.74, 6) is 2.33. The van der Waals surface area contributed by atoms with E-state index >= 15 is 0 Å². The Balaban J connectivity index is 1.31. The SMILES string of the molecule is COc1cccc(N2CCN(C(=O)CSc3nccnc3Oc3ccc(C)cc3)CC2)c1. The molecule has 1 aliphatic heterocycles. The number of ether oxygens (including phenoxy) is 2. The second-order valence-electron chi connectivity index (χ2n) is 7.44. The number of carbonyl (C=O) groups is 1. The quantitative estimate of drug-likeness (QED) is 0.504. The molecule has 0 unspecified atom stereocenters. The third kappa shape index (κ3) is 5.50. The highest BCUT2D eigenvalue weighted by atomic mass is 32.2. The first-order valence-electron chi connectivity index (χ1n) is 10.5. The first-order valence-corrected chi connectivity index (χ1v) is 11.5. The third-order valence-corrected chi connectivity index (χ3v) is 6.20. The van der Waals surface area contributed by atoms with Crippen LogP contribution in [0.15, 0.2) is 66.0 Å². The fraction of sp³-hybridized carbons (Fsp3) is 0.292. The second-order valence-corrected chi connectivity index (χ2v) is 8.40. The maximum atomic E-state index is 12.8. The Kier molecular flexibility index (Phi) is 7.11. The van der Waals surface area contributed by atoms with Crippen LogP contribution in [0, 0.1) is 6.92 Å². The molecule has 3 aromatic rings. The van der Waals surface area contributed by atoms with Crippen LogP contribution in [0.25, 0.3) is 0 Å². The maximum absolute atomic E-state index is 12.8. The van der Waals surface area contributed by atoms with Gasteiger partial charge in [-0.3, -0.25) is 4.79 Å². The van der Waals surface area contributed by atoms with Gasteiger partial charge in [0.25, 0.3) is 5.88 Å². The number of piperazine rings is 1. The molecule has 1 saturated heterocycles. The third-order valence-electron chi connectivity index (χ3n) is 5.25. The number of carbonyl (C=O) groups excluding carboxylic acids is 1. The average molecular weight is 451 g/mol. The number of benzene rings is 2. The molecule has 2 heterocycles. The van der Waals surface area contributed by atoms with Gasteiger partial charge in [0.2, 0.25) is 5.91 Å². The van der Waals surface area contributed by atoms with Crippen LogP contribution in [0.2, 0.25) is 0 Å². The molecule has 1 aliphatic rings. The summed E-state index contributed by atoms with van der Waals surface area (Å²) in [4.78, 5) is 25.6. The Bertz CT molecular complexity index is 1050. The number of methoxy groups -OCH3 is 1. The number of aryl methyl sites for hydroxylation is 1. The molecule has 4 rings (SSSR count). The van der Waals surface area contributed by atoms with E-state index in [1.165, 1.54) is 11.8 Å². The van der Waals surface area contributed by atoms with Gasteiger partial charge in [-0.15, -0.1) is 0 Å². The zero-order valence-corrected chi connectivity index (χ0v) is 19.0. The van der Waals surface area contributed by atoms with Gasteiger partial charge < -0.3 is 19.3 Å². The monoisotopic (exact) mass is 450 g/mol. The van der Waals surface area contributed by atoms with Crippen molar-refractivity contribution >= 4 is 23.4 Å². The maximum Gasteiger partial charge on any atom is 0.252 e. The summed E-state index contributed by atoms with van der Waals surface area (Å²) in [6, 6.07) is 15.8. The predicted molar refractivity (Wildman–Crippen MR) is 126 cm³/mol. The number of amides is 1. The van der Waals surface area contributed by atoms with Gasteiger partial charge in [0.15, 0.2) is 5.03 Å². The number of anilines is 1. The van der Waals surface area contributed by atoms with Crippen LogP contribution in [0.1, 0.15) is 5.56 Å². The lowest BCUT2D eigenvalue weighted by Gasteiger charge is -2.36. The molecule has 166 valence electrons. The number of rotatable bonds is 7. The summed E-state index contributed by atoms with van der Waals surface area (Å²) >= 11 is 1.35. The van der Waals surface area contributed by atoms with Crippen molar-refractivity contribution in [3.05, 3.63) is 66.5 Å². The predicted octanol–water partition coefficient (Wildman–Crippen LogP) is 4.03. The lowest BCUT2D eigenvalue weighted by atomic mass is 10.2. The molecular weight excluding hydrogens is 424 g/mol. The lowest BCUT2D eigenvalue weighted by molar-refractivity contribution is -0.128. The van der Waals surface area contributed by atoms with E-state index in [0.29, 0.717) is 35.5 Å². The number of thioether (sulfide) groups is 1. The van der Waals surface area contributed by atoms with Crippen molar-refractivity contribution in [3.8, 4) is 17.4 Å². The molecular formula is C24H26N4O3S. The highest BCUT2D eigenvalue weighted by Crippen LogP contribution is 2.29. The molecule has 1 aromatic heterocycles. The topological polar surface area (TPSA) is 67.8 Å². The van der Waals surface area contributed by atoms with Crippen molar-refractivity contribution in [3.63, 3.8) is 0 Å². The van der Waals surface area contributed by atoms with Gasteiger partial charge in [-0.1, -0.05) is 35.5 Å². The van der Waals surface area contributed by atoms with Crippen molar-refractivity contribution in [2.75, 3.05) is 43.9 Å². The molecule has 32 heavy (non-hydrogen) atoms. The highest BCUT2D eigenvalue weighted by molar-refractivity contribution is 8.00. The van der Waals surface area contributed by atoms with E-state index in [-0.39, 0.29) is 5.91 Å². The summed E-state index contributed by atoms with van der Waals surface area (Å²) in [6.45, 7) is 4.97. The molecule has 2 aromatic carbocycles. The van der Waals surface area contributed by atoms with E-state index < -0.39 is 0 Å². The van der Waals surface area contributed by atoms with Crippen LogP contribution in [-0.4, -0.2) is 59.8 Å². The van der Waals surface area contributed by atoms with E-state index in [1.807, 2.05) is 54.3 Å². The first-order chi connectivity index (χ1) is 15.6. The molecule has 0 aliphatic carbocycles. The smallest absolute Gasteiger partial charge is 0.252 e. The molecule has 1 fully saturated rings. The number of nitrogens with zero attached hydrogens (tertiary/aromatic N) is 4. The summed E-state index contributed by atoms with van der Waals surface area (Å²) in [6.07, 6.45) is 3.20. The molecule has 0 bridgehead atoms. The van der Waals surface area contributed by atoms with Gasteiger partial charge in [0.1, 0.15) is 11.5 Å². The Morgan fingerprint density at radius 1 is 1.00 bits per heavy atom. The lowest BCUT2D eigenvalue weighted by Crippen LogP contribution is -2.49. The minimum atomic E-state index is 0.0900. The van der Waals surface area contributed by atoms with Gasteiger partial charge in [-0.2, -0.15) is 0 Å². The van der Waals surface area contributed by atoms with Gasteiger partial charge in [-0.25, -0.2) is 9.97 Å². The van der Waals surface area contributed by atoms with Crippen LogP contribution in [0.4, 0.5) is 5.69 Å². The number of hydrogen-bond acceptors (Lipinski definition) is 7. The summed E-state index contributed by atoms with van der Waals surface area (Å²) in [7, 11) is 1.67. The number of aromatic nitrogens is 2. The summed E-state index contributed by atoms with van der Waals surface area (Å²) in [5, 5.41) is 0.608. The van der Waals surface area contributed by atoms with Gasteiger partial charge in [0, 0.05) is 50.3 Å². The minimum Gasteiger partial charge on any atom is -0.497 e. The number of hydrogen-bond donors (Lipinski definition) is 0. The standard InChI is InChI=1S/C24H26N4O3S/c1-18-6-8-20(9-7-18)31-23-24(26-11-10-25-23)32-17-22(29)28-14-12-27(13-15-28)19-4-3-5-21(16-19)30-2/h3-11,16H,12-15,17H2,1-2H3. The van der Waals surface area contributed by atoms with Gasteiger partial charge >= 0.3 is 0 Å². The summed E-state index contributed by atoms with van der Waals surface area (Å²) in [5.41, 5.74) is 2.27. The van der Waals surface area contributed by atoms with Gasteiger partial charge in [-0.05, 0) is 31.2 Å². The molecule has 8 heteroatoms. The van der Waals surface area contributed by atoms with Crippen molar-refractivity contribution in [1.82, 2.24) is 14.9 Å². The first kappa shape index (κ1) is 22.0. The largest absolute Gasteiger partial charge is 0.497 e. The van der Waals surface area contributed by atoms with E-state index in [4.69, 9.17) is 9.47 Å². The molecule has 1 amide bonds. The van der Waals surface area contributed by atoms with E-state index in [9.17, 15) is 4.79 Å². The van der Waals surface area contributed by atoms with Crippen LogP contribution >= 0.6 is 11.8 Å². The second kappa shape index (κ2) is 10.4. The van der Waals surface area contributed by atoms with Crippen LogP contribution in [0.5, 0.6) is 17.4 Å². The van der Waals surface area contributed by atoms with Crippen molar-refractivity contribution in [2.45, 2.75) is 11.9 Å².